The third kappa shape index (κ3) is 5.67. The monoisotopic (exact) mass is 430 g/mol. The Bertz CT molecular complexity index is 982. The van der Waals surface area contributed by atoms with Crippen LogP contribution in [0.5, 0.6) is 0 Å². The summed E-state index contributed by atoms with van der Waals surface area (Å²) in [6.45, 7) is 1.43. The van der Waals surface area contributed by atoms with E-state index in [4.69, 9.17) is 0 Å². The lowest BCUT2D eigenvalue weighted by Gasteiger charge is -2.22. The third-order valence-corrected chi connectivity index (χ3v) is 7.43. The van der Waals surface area contributed by atoms with Crippen molar-refractivity contribution >= 4 is 15.7 Å². The minimum absolute atomic E-state index is 0.0194. The Hall–Kier alpha value is -2.25. The minimum Gasteiger partial charge on any atom is -0.349 e. The van der Waals surface area contributed by atoms with Gasteiger partial charge in [-0.2, -0.15) is 0 Å². The number of rotatable bonds is 10. The largest absolute Gasteiger partial charge is 0.349 e. The van der Waals surface area contributed by atoms with Gasteiger partial charge in [-0.1, -0.05) is 12.1 Å². The average molecular weight is 431 g/mol. The fraction of sp³-hybridized carbons (Fsp3) is 0.435. The predicted octanol–water partition coefficient (Wildman–Crippen LogP) is 3.55. The van der Waals surface area contributed by atoms with E-state index in [2.05, 4.69) is 10.2 Å². The van der Waals surface area contributed by atoms with Gasteiger partial charge in [0, 0.05) is 24.2 Å². The second-order valence-corrected chi connectivity index (χ2v) is 10.4. The number of carbonyl (C=O) groups excluding carboxylic acids is 1. The fourth-order valence-corrected chi connectivity index (χ4v) is 4.84. The molecule has 2 saturated carbocycles. The molecule has 0 heterocycles. The molecule has 1 N–H and O–H groups in total. The van der Waals surface area contributed by atoms with Gasteiger partial charge >= 0.3 is 0 Å². The van der Waals surface area contributed by atoms with Crippen LogP contribution in [0.25, 0.3) is 0 Å². The molecule has 0 unspecified atom stereocenters. The molecule has 7 heteroatoms. The number of sulfone groups is 1. The Morgan fingerprint density at radius 1 is 1.00 bits per heavy atom. The maximum absolute atomic E-state index is 13.0. The van der Waals surface area contributed by atoms with Gasteiger partial charge in [0.2, 0.25) is 0 Å². The molecule has 0 aromatic heterocycles. The lowest BCUT2D eigenvalue weighted by Crippen LogP contribution is -2.28. The summed E-state index contributed by atoms with van der Waals surface area (Å²) in [7, 11) is -3.41. The van der Waals surface area contributed by atoms with E-state index >= 15 is 0 Å². The van der Waals surface area contributed by atoms with E-state index < -0.39 is 15.7 Å². The molecule has 0 bridgehead atoms. The summed E-state index contributed by atoms with van der Waals surface area (Å²) in [5.74, 6) is -0.415. The zero-order valence-electron chi connectivity index (χ0n) is 16.9. The van der Waals surface area contributed by atoms with Crippen molar-refractivity contribution < 1.29 is 17.6 Å². The molecule has 1 amide bonds. The SMILES string of the molecule is O=C(NC1CC1)c1ccc(CN(CCCS(=O)(=O)c2ccc(F)cc2)C2CC2)cc1. The first-order valence-electron chi connectivity index (χ1n) is 10.5. The fourth-order valence-electron chi connectivity index (χ4n) is 3.54. The summed E-state index contributed by atoms with van der Waals surface area (Å²) < 4.78 is 38.0. The van der Waals surface area contributed by atoms with Crippen LogP contribution < -0.4 is 5.32 Å². The summed E-state index contributed by atoms with van der Waals surface area (Å²) >= 11 is 0. The first-order valence-corrected chi connectivity index (χ1v) is 12.2. The number of hydrogen-bond acceptors (Lipinski definition) is 4. The van der Waals surface area contributed by atoms with Gasteiger partial charge in [-0.15, -0.1) is 0 Å². The highest BCUT2D eigenvalue weighted by Gasteiger charge is 2.29. The molecule has 160 valence electrons. The summed E-state index contributed by atoms with van der Waals surface area (Å²) in [5.41, 5.74) is 1.79. The van der Waals surface area contributed by atoms with Crippen molar-refractivity contribution in [2.24, 2.45) is 0 Å². The number of amides is 1. The van der Waals surface area contributed by atoms with Crippen LogP contribution in [0.1, 0.15) is 48.0 Å². The first-order chi connectivity index (χ1) is 14.4. The maximum Gasteiger partial charge on any atom is 0.251 e. The number of benzene rings is 2. The summed E-state index contributed by atoms with van der Waals surface area (Å²) in [6.07, 6.45) is 4.92. The van der Waals surface area contributed by atoms with Crippen molar-refractivity contribution in [2.45, 2.75) is 55.6 Å². The average Bonchev–Trinajstić information content (AvgIpc) is 3.62. The predicted molar refractivity (Wildman–Crippen MR) is 113 cm³/mol. The third-order valence-electron chi connectivity index (χ3n) is 5.61. The molecule has 0 aliphatic heterocycles. The molecule has 2 aliphatic carbocycles. The lowest BCUT2D eigenvalue weighted by molar-refractivity contribution is 0.0951. The van der Waals surface area contributed by atoms with Gasteiger partial charge in [0.15, 0.2) is 9.84 Å². The molecular weight excluding hydrogens is 403 g/mol. The van der Waals surface area contributed by atoms with Gasteiger partial charge in [-0.05, 0) is 80.6 Å². The highest BCUT2D eigenvalue weighted by molar-refractivity contribution is 7.91. The second-order valence-electron chi connectivity index (χ2n) is 8.27. The smallest absolute Gasteiger partial charge is 0.251 e. The van der Waals surface area contributed by atoms with Gasteiger partial charge in [-0.3, -0.25) is 9.69 Å². The Labute approximate surface area is 177 Å². The molecule has 4 rings (SSSR count). The number of carbonyl (C=O) groups is 1. The number of hydrogen-bond donors (Lipinski definition) is 1. The maximum atomic E-state index is 13.0. The van der Waals surface area contributed by atoms with Crippen molar-refractivity contribution in [3.8, 4) is 0 Å². The molecule has 0 spiro atoms. The van der Waals surface area contributed by atoms with Gasteiger partial charge in [0.05, 0.1) is 10.6 Å². The number of nitrogens with zero attached hydrogens (tertiary/aromatic N) is 1. The van der Waals surface area contributed by atoms with Crippen LogP contribution in [-0.4, -0.2) is 43.6 Å². The first kappa shape index (κ1) is 21.0. The highest BCUT2D eigenvalue weighted by atomic mass is 32.2. The van der Waals surface area contributed by atoms with Crippen LogP contribution in [0.4, 0.5) is 4.39 Å². The van der Waals surface area contributed by atoms with Crippen molar-refractivity contribution in [3.63, 3.8) is 0 Å². The zero-order valence-corrected chi connectivity index (χ0v) is 17.7. The van der Waals surface area contributed by atoms with Crippen LogP contribution in [0, 0.1) is 5.82 Å². The number of nitrogens with one attached hydrogen (secondary N) is 1. The van der Waals surface area contributed by atoms with E-state index in [1.165, 1.54) is 24.3 Å². The second kappa shape index (κ2) is 8.86. The van der Waals surface area contributed by atoms with E-state index in [-0.39, 0.29) is 16.6 Å². The van der Waals surface area contributed by atoms with Crippen molar-refractivity contribution in [1.29, 1.82) is 0 Å². The quantitative estimate of drug-likeness (QED) is 0.586. The van der Waals surface area contributed by atoms with Crippen LogP contribution in [0.3, 0.4) is 0 Å². The molecule has 5 nitrogen and oxygen atoms in total. The summed E-state index contributed by atoms with van der Waals surface area (Å²) in [5, 5.41) is 2.99. The lowest BCUT2D eigenvalue weighted by atomic mass is 10.1. The molecule has 2 aliphatic rings. The molecule has 30 heavy (non-hydrogen) atoms. The van der Waals surface area contributed by atoms with Crippen molar-refractivity contribution in [2.75, 3.05) is 12.3 Å². The van der Waals surface area contributed by atoms with Crippen LogP contribution >= 0.6 is 0 Å². The normalized spacial score (nSPS) is 16.6. The zero-order chi connectivity index (χ0) is 21.1. The summed E-state index contributed by atoms with van der Waals surface area (Å²) in [4.78, 5) is 14.6. The topological polar surface area (TPSA) is 66.5 Å². The van der Waals surface area contributed by atoms with Gasteiger partial charge < -0.3 is 5.32 Å². The Kier molecular flexibility index (Phi) is 6.20. The molecule has 0 radical (unpaired) electrons. The molecule has 2 fully saturated rings. The van der Waals surface area contributed by atoms with E-state index in [1.54, 1.807) is 0 Å². The Morgan fingerprint density at radius 2 is 1.67 bits per heavy atom. The van der Waals surface area contributed by atoms with Crippen molar-refractivity contribution in [3.05, 3.63) is 65.5 Å². The van der Waals surface area contributed by atoms with Gasteiger partial charge in [0.1, 0.15) is 5.82 Å². The van der Waals surface area contributed by atoms with Gasteiger partial charge in [-0.25, -0.2) is 12.8 Å². The van der Waals surface area contributed by atoms with Crippen LogP contribution in [0.15, 0.2) is 53.4 Å². The molecule has 0 atom stereocenters. The minimum atomic E-state index is -3.41. The van der Waals surface area contributed by atoms with E-state index in [9.17, 15) is 17.6 Å². The Balaban J connectivity index is 1.31. The summed E-state index contributed by atoms with van der Waals surface area (Å²) in [6, 6.07) is 13.5. The van der Waals surface area contributed by atoms with Crippen molar-refractivity contribution in [1.82, 2.24) is 10.2 Å². The van der Waals surface area contributed by atoms with E-state index in [0.29, 0.717) is 30.6 Å². The van der Waals surface area contributed by atoms with E-state index in [1.807, 2.05) is 24.3 Å². The molecular formula is C23H27FN2O3S. The van der Waals surface area contributed by atoms with E-state index in [0.717, 1.165) is 37.8 Å². The van der Waals surface area contributed by atoms with Gasteiger partial charge in [0.25, 0.3) is 5.91 Å². The molecule has 0 saturated heterocycles. The highest BCUT2D eigenvalue weighted by Crippen LogP contribution is 2.29. The van der Waals surface area contributed by atoms with Crippen LogP contribution in [-0.2, 0) is 16.4 Å². The standard InChI is InChI=1S/C23H27FN2O3S/c24-19-6-12-22(13-7-19)30(28,29)15-1-14-26(21-10-11-21)16-17-2-4-18(5-3-17)23(27)25-20-8-9-20/h2-7,12-13,20-21H,1,8-11,14-16H2,(H,25,27). The molecule has 2 aromatic rings. The van der Waals surface area contributed by atoms with Crippen LogP contribution in [0.2, 0.25) is 0 Å². The Morgan fingerprint density at radius 3 is 2.27 bits per heavy atom. The number of halogens is 1. The molecule has 2 aromatic carbocycles.